The van der Waals surface area contributed by atoms with Gasteiger partial charge >= 0.3 is 0 Å². The minimum Gasteiger partial charge on any atom is -0.497 e. The van der Waals surface area contributed by atoms with Crippen LogP contribution in [0, 0.1) is 12.3 Å². The maximum absolute atomic E-state index is 5.17. The molecule has 0 fully saturated rings. The fraction of sp³-hybridized carbons (Fsp3) is 0.429. The summed E-state index contributed by atoms with van der Waals surface area (Å²) in [6.07, 6.45) is 8.10. The first kappa shape index (κ1) is 12.6. The number of benzene rings is 1. The van der Waals surface area contributed by atoms with Gasteiger partial charge in [0, 0.05) is 6.42 Å². The second kappa shape index (κ2) is 7.78. The fourth-order valence-electron chi connectivity index (χ4n) is 1.50. The Morgan fingerprint density at radius 2 is 2.25 bits per heavy atom. The van der Waals surface area contributed by atoms with E-state index in [9.17, 15) is 0 Å². The minimum atomic E-state index is 0.853. The highest BCUT2D eigenvalue weighted by Gasteiger charge is 1.95. The summed E-state index contributed by atoms with van der Waals surface area (Å²) in [5.74, 6) is 3.56. The van der Waals surface area contributed by atoms with Crippen LogP contribution in [-0.2, 0) is 6.42 Å². The van der Waals surface area contributed by atoms with Gasteiger partial charge in [-0.05, 0) is 43.6 Å². The van der Waals surface area contributed by atoms with Gasteiger partial charge in [0.15, 0.2) is 0 Å². The highest BCUT2D eigenvalue weighted by Crippen LogP contribution is 2.12. The van der Waals surface area contributed by atoms with Crippen molar-refractivity contribution in [3.8, 4) is 18.1 Å². The average molecular weight is 217 g/mol. The van der Waals surface area contributed by atoms with Crippen LogP contribution in [0.15, 0.2) is 24.3 Å². The molecule has 0 atom stereocenters. The van der Waals surface area contributed by atoms with Crippen LogP contribution in [0.5, 0.6) is 5.75 Å². The van der Waals surface area contributed by atoms with E-state index in [0.29, 0.717) is 0 Å². The van der Waals surface area contributed by atoms with Crippen molar-refractivity contribution in [1.82, 2.24) is 5.32 Å². The van der Waals surface area contributed by atoms with Gasteiger partial charge in [-0.15, -0.1) is 12.3 Å². The predicted molar refractivity (Wildman–Crippen MR) is 67.6 cm³/mol. The summed E-state index contributed by atoms with van der Waals surface area (Å²) in [4.78, 5) is 0. The molecule has 1 aromatic rings. The predicted octanol–water partition coefficient (Wildman–Crippen LogP) is 2.24. The summed E-state index contributed by atoms with van der Waals surface area (Å²) >= 11 is 0. The van der Waals surface area contributed by atoms with Crippen molar-refractivity contribution in [2.45, 2.75) is 19.3 Å². The molecule has 0 aliphatic rings. The Kier molecular flexibility index (Phi) is 6.13. The van der Waals surface area contributed by atoms with E-state index in [1.807, 2.05) is 12.1 Å². The first-order valence-corrected chi connectivity index (χ1v) is 5.64. The number of terminal acetylenes is 1. The Balaban J connectivity index is 2.19. The number of unbranched alkanes of at least 4 members (excludes halogenated alkanes) is 1. The molecular weight excluding hydrogens is 198 g/mol. The van der Waals surface area contributed by atoms with Gasteiger partial charge in [0.05, 0.1) is 7.11 Å². The Labute approximate surface area is 98.0 Å². The van der Waals surface area contributed by atoms with E-state index >= 15 is 0 Å². The van der Waals surface area contributed by atoms with Crippen molar-refractivity contribution >= 4 is 0 Å². The summed E-state index contributed by atoms with van der Waals surface area (Å²) in [6.45, 7) is 1.98. The van der Waals surface area contributed by atoms with Gasteiger partial charge in [0.1, 0.15) is 5.75 Å². The lowest BCUT2D eigenvalue weighted by Gasteiger charge is -2.05. The molecule has 1 N–H and O–H groups in total. The van der Waals surface area contributed by atoms with Crippen LogP contribution in [0.25, 0.3) is 0 Å². The van der Waals surface area contributed by atoms with Crippen LogP contribution in [0.3, 0.4) is 0 Å². The van der Waals surface area contributed by atoms with Crippen LogP contribution in [0.4, 0.5) is 0 Å². The first-order valence-electron chi connectivity index (χ1n) is 5.64. The topological polar surface area (TPSA) is 21.3 Å². The highest BCUT2D eigenvalue weighted by atomic mass is 16.5. The van der Waals surface area contributed by atoms with E-state index in [-0.39, 0.29) is 0 Å². The van der Waals surface area contributed by atoms with Crippen LogP contribution >= 0.6 is 0 Å². The summed E-state index contributed by atoms with van der Waals surface area (Å²) in [6, 6.07) is 8.17. The molecule has 0 spiro atoms. The van der Waals surface area contributed by atoms with E-state index in [1.54, 1.807) is 7.11 Å². The van der Waals surface area contributed by atoms with Crippen molar-refractivity contribution in [2.24, 2.45) is 0 Å². The van der Waals surface area contributed by atoms with Crippen LogP contribution in [0.2, 0.25) is 0 Å². The molecule has 0 bridgehead atoms. The maximum atomic E-state index is 5.17. The zero-order chi connectivity index (χ0) is 11.6. The van der Waals surface area contributed by atoms with Crippen LogP contribution in [-0.4, -0.2) is 20.2 Å². The Morgan fingerprint density at radius 3 is 3.00 bits per heavy atom. The molecule has 0 amide bonds. The molecule has 0 unspecified atom stereocenters. The second-order valence-corrected chi connectivity index (χ2v) is 3.66. The van der Waals surface area contributed by atoms with Crippen LogP contribution in [0.1, 0.15) is 18.4 Å². The molecule has 0 aliphatic heterocycles. The van der Waals surface area contributed by atoms with Crippen molar-refractivity contribution in [1.29, 1.82) is 0 Å². The van der Waals surface area contributed by atoms with E-state index in [2.05, 4.69) is 23.4 Å². The number of nitrogens with one attached hydrogen (secondary N) is 1. The molecule has 0 aromatic heterocycles. The molecule has 0 heterocycles. The van der Waals surface area contributed by atoms with E-state index < -0.39 is 0 Å². The SMILES string of the molecule is C#CCCCNCCc1cccc(OC)c1. The summed E-state index contributed by atoms with van der Waals surface area (Å²) in [5.41, 5.74) is 1.30. The maximum Gasteiger partial charge on any atom is 0.119 e. The lowest BCUT2D eigenvalue weighted by atomic mass is 10.1. The first-order chi connectivity index (χ1) is 7.86. The van der Waals surface area contributed by atoms with Gasteiger partial charge in [-0.3, -0.25) is 0 Å². The third kappa shape index (κ3) is 4.86. The smallest absolute Gasteiger partial charge is 0.119 e. The molecule has 0 aliphatic carbocycles. The van der Waals surface area contributed by atoms with Crippen LogP contribution < -0.4 is 10.1 Å². The van der Waals surface area contributed by atoms with Crippen molar-refractivity contribution < 1.29 is 4.74 Å². The van der Waals surface area contributed by atoms with Crippen molar-refractivity contribution in [2.75, 3.05) is 20.2 Å². The zero-order valence-electron chi connectivity index (χ0n) is 9.83. The highest BCUT2D eigenvalue weighted by molar-refractivity contribution is 5.28. The second-order valence-electron chi connectivity index (χ2n) is 3.66. The Morgan fingerprint density at radius 1 is 1.38 bits per heavy atom. The molecule has 16 heavy (non-hydrogen) atoms. The zero-order valence-corrected chi connectivity index (χ0v) is 9.83. The van der Waals surface area contributed by atoms with E-state index in [1.165, 1.54) is 5.56 Å². The number of hydrogen-bond acceptors (Lipinski definition) is 2. The molecule has 1 rings (SSSR count). The van der Waals surface area contributed by atoms with Gasteiger partial charge in [-0.1, -0.05) is 12.1 Å². The average Bonchev–Trinajstić information content (AvgIpc) is 2.34. The molecule has 86 valence electrons. The van der Waals surface area contributed by atoms with Gasteiger partial charge in [0.25, 0.3) is 0 Å². The third-order valence-electron chi connectivity index (χ3n) is 2.40. The summed E-state index contributed by atoms with van der Waals surface area (Å²) < 4.78 is 5.17. The molecule has 2 heteroatoms. The quantitative estimate of drug-likeness (QED) is 0.558. The monoisotopic (exact) mass is 217 g/mol. The lowest BCUT2D eigenvalue weighted by Crippen LogP contribution is -2.18. The number of methoxy groups -OCH3 is 1. The molecule has 1 aromatic carbocycles. The largest absolute Gasteiger partial charge is 0.497 e. The minimum absolute atomic E-state index is 0.853. The Hall–Kier alpha value is -1.46. The lowest BCUT2D eigenvalue weighted by molar-refractivity contribution is 0.414. The van der Waals surface area contributed by atoms with Gasteiger partial charge in [-0.2, -0.15) is 0 Å². The standard InChI is InChI=1S/C14H19NO/c1-3-4-5-10-15-11-9-13-7-6-8-14(12-13)16-2/h1,6-8,12,15H,4-5,9-11H2,2H3. The van der Waals surface area contributed by atoms with E-state index in [0.717, 1.165) is 38.1 Å². The van der Waals surface area contributed by atoms with Gasteiger partial charge < -0.3 is 10.1 Å². The van der Waals surface area contributed by atoms with Crippen molar-refractivity contribution in [3.63, 3.8) is 0 Å². The van der Waals surface area contributed by atoms with E-state index in [4.69, 9.17) is 11.2 Å². The van der Waals surface area contributed by atoms with Gasteiger partial charge in [-0.25, -0.2) is 0 Å². The number of hydrogen-bond donors (Lipinski definition) is 1. The molecular formula is C14H19NO. The molecule has 0 saturated heterocycles. The third-order valence-corrected chi connectivity index (χ3v) is 2.40. The summed E-state index contributed by atoms with van der Waals surface area (Å²) in [7, 11) is 1.69. The molecule has 0 saturated carbocycles. The van der Waals surface area contributed by atoms with Crippen molar-refractivity contribution in [3.05, 3.63) is 29.8 Å². The Bertz CT molecular complexity index is 341. The fourth-order valence-corrected chi connectivity index (χ4v) is 1.50. The van der Waals surface area contributed by atoms with Gasteiger partial charge in [0.2, 0.25) is 0 Å². The number of rotatable bonds is 7. The number of ether oxygens (including phenoxy) is 1. The molecule has 2 nitrogen and oxygen atoms in total. The normalized spacial score (nSPS) is 9.75. The summed E-state index contributed by atoms with van der Waals surface area (Å²) in [5, 5.41) is 3.37. The molecule has 0 radical (unpaired) electrons.